The highest BCUT2D eigenvalue weighted by molar-refractivity contribution is 5.64. The molecule has 0 atom stereocenters. The summed E-state index contributed by atoms with van der Waals surface area (Å²) in [7, 11) is 0. The van der Waals surface area contributed by atoms with Crippen molar-refractivity contribution in [2.24, 2.45) is 5.92 Å². The minimum atomic E-state index is 0.434. The van der Waals surface area contributed by atoms with Crippen molar-refractivity contribution in [3.63, 3.8) is 0 Å². The van der Waals surface area contributed by atoms with Crippen LogP contribution in [0.2, 0.25) is 0 Å². The van der Waals surface area contributed by atoms with E-state index in [1.165, 1.54) is 19.3 Å². The van der Waals surface area contributed by atoms with Crippen molar-refractivity contribution in [2.45, 2.75) is 65.0 Å². The number of hydrogen-bond donors (Lipinski definition) is 2. The summed E-state index contributed by atoms with van der Waals surface area (Å²) in [6, 6.07) is 2.62. The first-order valence-electron chi connectivity index (χ1n) is 7.64. The molecule has 3 N–H and O–H groups in total. The Bertz CT molecular complexity index is 477. The first kappa shape index (κ1) is 14.7. The van der Waals surface area contributed by atoms with Gasteiger partial charge in [0.2, 0.25) is 0 Å². The number of rotatable bonds is 5. The van der Waals surface area contributed by atoms with Crippen LogP contribution in [0.3, 0.4) is 0 Å². The van der Waals surface area contributed by atoms with E-state index in [0.29, 0.717) is 29.2 Å². The molecular weight excluding hydrogens is 250 g/mol. The maximum absolute atomic E-state index is 9.30. The molecule has 0 aromatic carbocycles. The number of nitrogen functional groups attached to an aromatic ring is 1. The number of anilines is 2. The second-order valence-corrected chi connectivity index (χ2v) is 6.11. The molecule has 20 heavy (non-hydrogen) atoms. The first-order valence-corrected chi connectivity index (χ1v) is 7.64. The molecule has 110 valence electrons. The molecule has 1 aliphatic rings. The smallest absolute Gasteiger partial charge is 0.168 e. The summed E-state index contributed by atoms with van der Waals surface area (Å²) in [5.41, 5.74) is 6.54. The van der Waals surface area contributed by atoms with Gasteiger partial charge in [0.15, 0.2) is 5.82 Å². The van der Waals surface area contributed by atoms with Crippen molar-refractivity contribution >= 4 is 11.6 Å². The van der Waals surface area contributed by atoms with Crippen molar-refractivity contribution in [1.82, 2.24) is 9.78 Å². The molecule has 0 amide bonds. The van der Waals surface area contributed by atoms with Crippen LogP contribution in [0.1, 0.15) is 57.9 Å². The van der Waals surface area contributed by atoms with Crippen LogP contribution in [-0.2, 0) is 6.54 Å². The summed E-state index contributed by atoms with van der Waals surface area (Å²) in [5.74, 6) is 1.76. The Labute approximate surface area is 121 Å². The highest BCUT2D eigenvalue weighted by atomic mass is 15.3. The minimum Gasteiger partial charge on any atom is -0.383 e. The number of aromatic nitrogens is 2. The second kappa shape index (κ2) is 6.65. The summed E-state index contributed by atoms with van der Waals surface area (Å²) < 4.78 is 1.77. The Balaban J connectivity index is 2.11. The van der Waals surface area contributed by atoms with Gasteiger partial charge in [0.05, 0.1) is 0 Å². The Morgan fingerprint density at radius 2 is 2.10 bits per heavy atom. The largest absolute Gasteiger partial charge is 0.383 e. The number of nitrogens with zero attached hydrogens (tertiary/aromatic N) is 3. The van der Waals surface area contributed by atoms with Crippen molar-refractivity contribution < 1.29 is 0 Å². The number of aryl methyl sites for hydroxylation is 1. The lowest BCUT2D eigenvalue weighted by Crippen LogP contribution is -2.23. The average Bonchev–Trinajstić information content (AvgIpc) is 2.73. The molecular formula is C15H25N5. The fraction of sp³-hybridized carbons (Fsp3) is 0.733. The Hall–Kier alpha value is -1.70. The molecule has 1 fully saturated rings. The van der Waals surface area contributed by atoms with E-state index >= 15 is 0 Å². The zero-order chi connectivity index (χ0) is 14.5. The molecule has 0 unspecified atom stereocenters. The van der Waals surface area contributed by atoms with Gasteiger partial charge in [0.1, 0.15) is 17.5 Å². The number of nitriles is 1. The third-order valence-electron chi connectivity index (χ3n) is 3.97. The Morgan fingerprint density at radius 1 is 1.40 bits per heavy atom. The van der Waals surface area contributed by atoms with Crippen LogP contribution in [0.4, 0.5) is 11.6 Å². The zero-order valence-electron chi connectivity index (χ0n) is 12.5. The van der Waals surface area contributed by atoms with Crippen molar-refractivity contribution in [1.29, 1.82) is 5.26 Å². The minimum absolute atomic E-state index is 0.434. The van der Waals surface area contributed by atoms with E-state index < -0.39 is 0 Å². The van der Waals surface area contributed by atoms with E-state index in [0.717, 1.165) is 25.8 Å². The van der Waals surface area contributed by atoms with E-state index in [2.05, 4.69) is 30.3 Å². The maximum atomic E-state index is 9.30. The van der Waals surface area contributed by atoms with Gasteiger partial charge in [-0.3, -0.25) is 0 Å². The molecule has 0 radical (unpaired) electrons. The summed E-state index contributed by atoms with van der Waals surface area (Å²) in [4.78, 5) is 0. The molecule has 0 bridgehead atoms. The summed E-state index contributed by atoms with van der Waals surface area (Å²) in [6.07, 6.45) is 7.15. The van der Waals surface area contributed by atoms with Gasteiger partial charge in [0, 0.05) is 12.6 Å². The van der Waals surface area contributed by atoms with E-state index in [4.69, 9.17) is 5.73 Å². The van der Waals surface area contributed by atoms with Gasteiger partial charge in [-0.2, -0.15) is 10.4 Å². The van der Waals surface area contributed by atoms with Crippen LogP contribution >= 0.6 is 0 Å². The lowest BCUT2D eigenvalue weighted by Gasteiger charge is -2.22. The number of nitrogens with one attached hydrogen (secondary N) is 1. The molecule has 0 spiro atoms. The van der Waals surface area contributed by atoms with E-state index in [1.807, 2.05) is 0 Å². The molecule has 1 aromatic heterocycles. The normalized spacial score (nSPS) is 16.3. The molecule has 1 heterocycles. The zero-order valence-corrected chi connectivity index (χ0v) is 12.5. The monoisotopic (exact) mass is 275 g/mol. The van der Waals surface area contributed by atoms with E-state index in [9.17, 15) is 5.26 Å². The van der Waals surface area contributed by atoms with Gasteiger partial charge >= 0.3 is 0 Å². The van der Waals surface area contributed by atoms with Crippen LogP contribution in [-0.4, -0.2) is 15.8 Å². The maximum Gasteiger partial charge on any atom is 0.168 e. The first-order chi connectivity index (χ1) is 9.61. The third-order valence-corrected chi connectivity index (χ3v) is 3.97. The second-order valence-electron chi connectivity index (χ2n) is 6.11. The van der Waals surface area contributed by atoms with Gasteiger partial charge in [-0.25, -0.2) is 4.68 Å². The highest BCUT2D eigenvalue weighted by Gasteiger charge is 2.20. The molecule has 5 heteroatoms. The van der Waals surface area contributed by atoms with Gasteiger partial charge in [-0.15, -0.1) is 0 Å². The number of hydrogen-bond acceptors (Lipinski definition) is 4. The van der Waals surface area contributed by atoms with Crippen LogP contribution in [0.5, 0.6) is 0 Å². The third kappa shape index (κ3) is 3.44. The topological polar surface area (TPSA) is 79.7 Å². The predicted molar refractivity (Wildman–Crippen MR) is 81.3 cm³/mol. The average molecular weight is 275 g/mol. The summed E-state index contributed by atoms with van der Waals surface area (Å²) >= 11 is 0. The van der Waals surface area contributed by atoms with Gasteiger partial charge in [-0.1, -0.05) is 33.1 Å². The van der Waals surface area contributed by atoms with E-state index in [1.54, 1.807) is 4.68 Å². The van der Waals surface area contributed by atoms with Gasteiger partial charge in [0.25, 0.3) is 0 Å². The van der Waals surface area contributed by atoms with Gasteiger partial charge < -0.3 is 11.1 Å². The SMILES string of the molecule is CC(C)CCn1nc(NC2CCCCC2)c(C#N)c1N. The summed E-state index contributed by atoms with van der Waals surface area (Å²) in [6.45, 7) is 5.11. The van der Waals surface area contributed by atoms with Crippen molar-refractivity contribution in [2.75, 3.05) is 11.1 Å². The quantitative estimate of drug-likeness (QED) is 0.865. The van der Waals surface area contributed by atoms with Crippen LogP contribution < -0.4 is 11.1 Å². The highest BCUT2D eigenvalue weighted by Crippen LogP contribution is 2.26. The standard InChI is InChI=1S/C15H25N5/c1-11(2)8-9-20-14(17)13(10-16)15(19-20)18-12-6-4-3-5-7-12/h11-12H,3-9,17H2,1-2H3,(H,18,19). The van der Waals surface area contributed by atoms with Gasteiger partial charge in [-0.05, 0) is 25.2 Å². The van der Waals surface area contributed by atoms with Crippen LogP contribution in [0.25, 0.3) is 0 Å². The predicted octanol–water partition coefficient (Wildman–Crippen LogP) is 3.13. The fourth-order valence-corrected chi connectivity index (χ4v) is 2.68. The van der Waals surface area contributed by atoms with Crippen LogP contribution in [0.15, 0.2) is 0 Å². The lowest BCUT2D eigenvalue weighted by molar-refractivity contribution is 0.459. The Morgan fingerprint density at radius 3 is 2.70 bits per heavy atom. The molecule has 0 saturated heterocycles. The van der Waals surface area contributed by atoms with Crippen molar-refractivity contribution in [3.8, 4) is 6.07 Å². The molecule has 2 rings (SSSR count). The number of nitrogens with two attached hydrogens (primary N) is 1. The van der Waals surface area contributed by atoms with E-state index in [-0.39, 0.29) is 0 Å². The molecule has 0 aliphatic heterocycles. The fourth-order valence-electron chi connectivity index (χ4n) is 2.68. The lowest BCUT2D eigenvalue weighted by atomic mass is 9.95. The Kier molecular flexibility index (Phi) is 4.89. The molecule has 1 aliphatic carbocycles. The summed E-state index contributed by atoms with van der Waals surface area (Å²) in [5, 5.41) is 17.2. The molecule has 1 aromatic rings. The van der Waals surface area contributed by atoms with Crippen molar-refractivity contribution in [3.05, 3.63) is 5.56 Å². The van der Waals surface area contributed by atoms with Crippen LogP contribution in [0, 0.1) is 17.2 Å². The molecule has 1 saturated carbocycles. The molecule has 5 nitrogen and oxygen atoms in total.